The number of nitrogens with zero attached hydrogens (tertiary/aromatic N) is 5. The molecule has 0 radical (unpaired) electrons. The first-order chi connectivity index (χ1) is 33.7. The molecule has 0 aliphatic heterocycles. The zero-order chi connectivity index (χ0) is 45.0. The van der Waals surface area contributed by atoms with Gasteiger partial charge in [0.15, 0.2) is 17.5 Å². The highest BCUT2D eigenvalue weighted by atomic mass is 32.1. The molecule has 6 heteroatoms. The van der Waals surface area contributed by atoms with Gasteiger partial charge in [0.05, 0.1) is 16.7 Å². The van der Waals surface area contributed by atoms with Crippen LogP contribution in [0.25, 0.3) is 126 Å². The number of thiophene rings is 1. The quantitative estimate of drug-likeness (QED) is 0.153. The Labute approximate surface area is 397 Å². The summed E-state index contributed by atoms with van der Waals surface area (Å²) in [5, 5.41) is 4.87. The van der Waals surface area contributed by atoms with Crippen molar-refractivity contribution in [2.24, 2.45) is 0 Å². The molecule has 0 bridgehead atoms. The second-order valence-electron chi connectivity index (χ2n) is 17.0. The van der Waals surface area contributed by atoms with Gasteiger partial charge in [0.2, 0.25) is 0 Å². The van der Waals surface area contributed by atoms with Gasteiger partial charge in [-0.1, -0.05) is 176 Å². The van der Waals surface area contributed by atoms with Gasteiger partial charge >= 0.3 is 0 Å². The van der Waals surface area contributed by atoms with Crippen molar-refractivity contribution >= 4 is 53.3 Å². The molecule has 0 spiro atoms. The SMILES string of the molecule is c1ccc(-c2nc(-c3ccccc3)nc(-c3cc(-c4ccc(-c5ccccc5)c(-c5ccccc5)c4)cnc3-c3ccc4sc5cc6c(cc5c4c3)c3ccccc3n6-c3ccccc3)n2)cc1. The fraction of sp³-hybridized carbons (Fsp3) is 0. The maximum Gasteiger partial charge on any atom is 0.166 e. The van der Waals surface area contributed by atoms with E-state index in [-0.39, 0.29) is 0 Å². The van der Waals surface area contributed by atoms with E-state index in [1.54, 1.807) is 0 Å². The molecule has 9 aromatic carbocycles. The average Bonchev–Trinajstić information content (AvgIpc) is 3.95. The predicted molar refractivity (Wildman–Crippen MR) is 283 cm³/mol. The van der Waals surface area contributed by atoms with Crippen LogP contribution in [0.2, 0.25) is 0 Å². The van der Waals surface area contributed by atoms with Crippen molar-refractivity contribution in [3.05, 3.63) is 237 Å². The normalized spacial score (nSPS) is 11.5. The summed E-state index contributed by atoms with van der Waals surface area (Å²) < 4.78 is 4.84. The number of benzene rings is 9. The van der Waals surface area contributed by atoms with Crippen LogP contribution >= 0.6 is 11.3 Å². The van der Waals surface area contributed by atoms with Gasteiger partial charge in [0, 0.05) is 70.6 Å². The molecule has 0 unspecified atom stereocenters. The zero-order valence-corrected chi connectivity index (χ0v) is 37.5. The van der Waals surface area contributed by atoms with Gasteiger partial charge in [-0.3, -0.25) is 4.98 Å². The van der Waals surface area contributed by atoms with E-state index in [1.165, 1.54) is 47.5 Å². The topological polar surface area (TPSA) is 56.5 Å². The van der Waals surface area contributed by atoms with E-state index in [0.717, 1.165) is 61.5 Å². The van der Waals surface area contributed by atoms with Crippen molar-refractivity contribution in [1.29, 1.82) is 0 Å². The van der Waals surface area contributed by atoms with E-state index in [2.05, 4.69) is 174 Å². The van der Waals surface area contributed by atoms with Gasteiger partial charge in [0.1, 0.15) is 0 Å². The van der Waals surface area contributed by atoms with Crippen molar-refractivity contribution in [2.75, 3.05) is 0 Å². The Balaban J connectivity index is 1.03. The third-order valence-corrected chi connectivity index (χ3v) is 14.0. The fourth-order valence-electron chi connectivity index (χ4n) is 9.64. The van der Waals surface area contributed by atoms with Gasteiger partial charge in [-0.05, 0) is 82.4 Å². The Hall–Kier alpha value is -8.84. The highest BCUT2D eigenvalue weighted by Crippen LogP contribution is 2.44. The van der Waals surface area contributed by atoms with Crippen LogP contribution in [0.4, 0.5) is 0 Å². The minimum absolute atomic E-state index is 0.553. The molecule has 4 aromatic heterocycles. The molecule has 0 aliphatic carbocycles. The Morgan fingerprint density at radius 3 is 1.53 bits per heavy atom. The highest BCUT2D eigenvalue weighted by Gasteiger charge is 2.21. The summed E-state index contributed by atoms with van der Waals surface area (Å²) >= 11 is 1.83. The molecule has 0 saturated carbocycles. The van der Waals surface area contributed by atoms with Crippen molar-refractivity contribution in [3.8, 4) is 84.5 Å². The zero-order valence-electron chi connectivity index (χ0n) is 36.7. The van der Waals surface area contributed by atoms with E-state index >= 15 is 0 Å². The fourth-order valence-corrected chi connectivity index (χ4v) is 10.7. The van der Waals surface area contributed by atoms with Crippen molar-refractivity contribution in [1.82, 2.24) is 24.5 Å². The third kappa shape index (κ3) is 6.94. The summed E-state index contributed by atoms with van der Waals surface area (Å²) in [5.41, 5.74) is 14.6. The van der Waals surface area contributed by atoms with E-state index < -0.39 is 0 Å². The van der Waals surface area contributed by atoms with Crippen molar-refractivity contribution < 1.29 is 0 Å². The lowest BCUT2D eigenvalue weighted by Gasteiger charge is -2.15. The molecular formula is C62H39N5S. The van der Waals surface area contributed by atoms with Gasteiger partial charge in [-0.2, -0.15) is 0 Å². The van der Waals surface area contributed by atoms with Crippen molar-refractivity contribution in [2.45, 2.75) is 0 Å². The first kappa shape index (κ1) is 39.5. The minimum atomic E-state index is 0.553. The molecule has 13 aromatic rings. The van der Waals surface area contributed by atoms with Crippen LogP contribution in [0, 0.1) is 0 Å². The molecule has 13 rings (SSSR count). The van der Waals surface area contributed by atoms with Gasteiger partial charge in [0.25, 0.3) is 0 Å². The summed E-state index contributed by atoms with van der Waals surface area (Å²) in [5.74, 6) is 1.75. The lowest BCUT2D eigenvalue weighted by atomic mass is 9.91. The van der Waals surface area contributed by atoms with E-state index in [9.17, 15) is 0 Å². The maximum absolute atomic E-state index is 5.39. The summed E-state index contributed by atoms with van der Waals surface area (Å²) in [4.78, 5) is 21.0. The van der Waals surface area contributed by atoms with Crippen LogP contribution < -0.4 is 0 Å². The lowest BCUT2D eigenvalue weighted by Crippen LogP contribution is -2.02. The highest BCUT2D eigenvalue weighted by molar-refractivity contribution is 7.25. The monoisotopic (exact) mass is 885 g/mol. The Morgan fingerprint density at radius 1 is 0.309 bits per heavy atom. The maximum atomic E-state index is 5.39. The van der Waals surface area contributed by atoms with Gasteiger partial charge < -0.3 is 4.57 Å². The molecule has 0 saturated heterocycles. The molecular weight excluding hydrogens is 847 g/mol. The first-order valence-electron chi connectivity index (χ1n) is 22.8. The average molecular weight is 886 g/mol. The van der Waals surface area contributed by atoms with E-state index in [1.807, 2.05) is 78.2 Å². The molecule has 0 atom stereocenters. The van der Waals surface area contributed by atoms with E-state index in [4.69, 9.17) is 19.9 Å². The van der Waals surface area contributed by atoms with Gasteiger partial charge in [-0.15, -0.1) is 11.3 Å². The van der Waals surface area contributed by atoms with Crippen LogP contribution in [-0.4, -0.2) is 24.5 Å². The molecule has 68 heavy (non-hydrogen) atoms. The smallest absolute Gasteiger partial charge is 0.166 e. The summed E-state index contributed by atoms with van der Waals surface area (Å²) in [7, 11) is 0. The molecule has 0 N–H and O–H groups in total. The molecule has 0 amide bonds. The number of hydrogen-bond acceptors (Lipinski definition) is 5. The Bertz CT molecular complexity index is 3940. The minimum Gasteiger partial charge on any atom is -0.309 e. The summed E-state index contributed by atoms with van der Waals surface area (Å²) in [6.07, 6.45) is 2.00. The number of fused-ring (bicyclic) bond motifs is 6. The molecule has 4 heterocycles. The molecule has 0 fully saturated rings. The number of pyridine rings is 1. The second-order valence-corrected chi connectivity index (χ2v) is 18.1. The predicted octanol–water partition coefficient (Wildman–Crippen LogP) is 16.4. The second kappa shape index (κ2) is 16.5. The number of rotatable bonds is 8. The number of para-hydroxylation sites is 2. The first-order valence-corrected chi connectivity index (χ1v) is 23.6. The van der Waals surface area contributed by atoms with E-state index in [0.29, 0.717) is 17.5 Å². The Kier molecular flexibility index (Phi) is 9.62. The number of aromatic nitrogens is 5. The largest absolute Gasteiger partial charge is 0.309 e. The van der Waals surface area contributed by atoms with Crippen molar-refractivity contribution in [3.63, 3.8) is 0 Å². The number of hydrogen-bond donors (Lipinski definition) is 0. The molecule has 5 nitrogen and oxygen atoms in total. The molecule has 318 valence electrons. The van der Waals surface area contributed by atoms with Crippen LogP contribution in [-0.2, 0) is 0 Å². The van der Waals surface area contributed by atoms with Gasteiger partial charge in [-0.25, -0.2) is 15.0 Å². The summed E-state index contributed by atoms with van der Waals surface area (Å²) in [6.45, 7) is 0. The standard InChI is InChI=1S/C62H39N5S/c1-6-18-40(19-7-1)48-32-30-44(34-50(48)41-20-8-2-9-21-41)46-36-54(62-65-60(42-22-10-3-11-23-42)64-61(66-62)43-24-12-4-13-25-43)59(63-39-46)45-31-33-57-52(35-45)53-37-51-49-28-16-17-29-55(49)67(47-26-14-5-15-27-47)56(51)38-58(53)68-57/h1-39H. The third-order valence-electron chi connectivity index (χ3n) is 12.9. The molecule has 0 aliphatic rings. The summed E-state index contributed by atoms with van der Waals surface area (Å²) in [6, 6.07) is 81.3. The van der Waals surface area contributed by atoms with Crippen LogP contribution in [0.15, 0.2) is 237 Å². The lowest BCUT2D eigenvalue weighted by molar-refractivity contribution is 1.07. The van der Waals surface area contributed by atoms with Crippen LogP contribution in [0.1, 0.15) is 0 Å². The Morgan fingerprint density at radius 2 is 0.853 bits per heavy atom. The van der Waals surface area contributed by atoms with Crippen LogP contribution in [0.5, 0.6) is 0 Å². The van der Waals surface area contributed by atoms with Crippen LogP contribution in [0.3, 0.4) is 0 Å².